The fourth-order valence-corrected chi connectivity index (χ4v) is 2.20. The molecule has 1 heterocycles. The van der Waals surface area contributed by atoms with Gasteiger partial charge in [0.1, 0.15) is 12.4 Å². The van der Waals surface area contributed by atoms with Crippen LogP contribution in [-0.2, 0) is 6.54 Å². The summed E-state index contributed by atoms with van der Waals surface area (Å²) in [4.78, 5) is 1.56. The molecule has 82 valence electrons. The second-order valence-electron chi connectivity index (χ2n) is 4.50. The van der Waals surface area contributed by atoms with Crippen molar-refractivity contribution in [1.82, 2.24) is 0 Å². The predicted octanol–water partition coefficient (Wildman–Crippen LogP) is -0.385. The van der Waals surface area contributed by atoms with Crippen molar-refractivity contribution in [2.45, 2.75) is 25.4 Å². The third kappa shape index (κ3) is 3.01. The Labute approximate surface area is 89.9 Å². The maximum Gasteiger partial charge on any atom is 0.123 e. The number of rotatable bonds is 2. The van der Waals surface area contributed by atoms with E-state index in [4.69, 9.17) is 0 Å². The smallest absolute Gasteiger partial charge is 0.123 e. The Kier molecular flexibility index (Phi) is 3.34. The quantitative estimate of drug-likeness (QED) is 0.667. The van der Waals surface area contributed by atoms with Crippen molar-refractivity contribution in [2.24, 2.45) is 0 Å². The standard InChI is InChI=1S/C12H17FN2/c13-11-3-1-2-10(8-11)9-15-6-4-12(14)5-7-15/h1-3,8,12H,4-7,9,14H2/p+2. The zero-order chi connectivity index (χ0) is 10.7. The number of quaternary nitrogens is 2. The van der Waals surface area contributed by atoms with Crippen molar-refractivity contribution in [3.8, 4) is 0 Å². The number of benzene rings is 1. The average Bonchev–Trinajstić information content (AvgIpc) is 2.22. The van der Waals surface area contributed by atoms with Gasteiger partial charge in [0.05, 0.1) is 19.1 Å². The monoisotopic (exact) mass is 210 g/mol. The molecular formula is C12H19FN2+2. The molecule has 0 aliphatic carbocycles. The highest BCUT2D eigenvalue weighted by Gasteiger charge is 2.21. The largest absolute Gasteiger partial charge is 0.355 e. The number of nitrogens with one attached hydrogen (secondary N) is 1. The maximum atomic E-state index is 13.0. The number of hydrogen-bond donors (Lipinski definition) is 2. The molecule has 1 aliphatic rings. The van der Waals surface area contributed by atoms with E-state index < -0.39 is 0 Å². The summed E-state index contributed by atoms with van der Waals surface area (Å²) in [6.45, 7) is 3.29. The highest BCUT2D eigenvalue weighted by Crippen LogP contribution is 2.02. The molecule has 1 saturated heterocycles. The zero-order valence-corrected chi connectivity index (χ0v) is 9.01. The van der Waals surface area contributed by atoms with E-state index in [9.17, 15) is 4.39 Å². The molecule has 0 saturated carbocycles. The molecule has 0 bridgehead atoms. The van der Waals surface area contributed by atoms with Crippen molar-refractivity contribution in [3.63, 3.8) is 0 Å². The van der Waals surface area contributed by atoms with Crippen LogP contribution in [0.15, 0.2) is 24.3 Å². The van der Waals surface area contributed by atoms with Gasteiger partial charge in [-0.3, -0.25) is 0 Å². The Balaban J connectivity index is 1.92. The van der Waals surface area contributed by atoms with E-state index >= 15 is 0 Å². The normalized spacial score (nSPS) is 26.5. The van der Waals surface area contributed by atoms with Crippen LogP contribution in [0.3, 0.4) is 0 Å². The summed E-state index contributed by atoms with van der Waals surface area (Å²) in [5.74, 6) is -0.126. The van der Waals surface area contributed by atoms with Gasteiger partial charge in [-0.05, 0) is 12.1 Å². The summed E-state index contributed by atoms with van der Waals surface area (Å²) in [5.41, 5.74) is 5.18. The lowest BCUT2D eigenvalue weighted by Crippen LogP contribution is -3.12. The van der Waals surface area contributed by atoms with Gasteiger partial charge in [-0.1, -0.05) is 12.1 Å². The minimum Gasteiger partial charge on any atom is -0.355 e. The van der Waals surface area contributed by atoms with E-state index in [0.717, 1.165) is 12.1 Å². The second-order valence-corrected chi connectivity index (χ2v) is 4.50. The summed E-state index contributed by atoms with van der Waals surface area (Å²) < 4.78 is 13.0. The lowest BCUT2D eigenvalue weighted by Gasteiger charge is -2.25. The van der Waals surface area contributed by atoms with Gasteiger partial charge in [0.2, 0.25) is 0 Å². The molecule has 0 amide bonds. The lowest BCUT2D eigenvalue weighted by atomic mass is 10.1. The molecule has 0 aromatic heterocycles. The van der Waals surface area contributed by atoms with Crippen LogP contribution in [0, 0.1) is 5.82 Å². The summed E-state index contributed by atoms with van der Waals surface area (Å²) in [7, 11) is 0. The Morgan fingerprint density at radius 1 is 1.33 bits per heavy atom. The summed E-state index contributed by atoms with van der Waals surface area (Å²) >= 11 is 0. The van der Waals surface area contributed by atoms with E-state index in [2.05, 4.69) is 5.73 Å². The first-order chi connectivity index (χ1) is 7.24. The molecule has 0 radical (unpaired) electrons. The van der Waals surface area contributed by atoms with Crippen molar-refractivity contribution in [2.75, 3.05) is 13.1 Å². The summed E-state index contributed by atoms with van der Waals surface area (Å²) in [5, 5.41) is 0. The average molecular weight is 210 g/mol. The zero-order valence-electron chi connectivity index (χ0n) is 9.01. The van der Waals surface area contributed by atoms with Gasteiger partial charge in [-0.15, -0.1) is 0 Å². The van der Waals surface area contributed by atoms with Crippen LogP contribution in [-0.4, -0.2) is 19.1 Å². The molecule has 2 rings (SSSR count). The second kappa shape index (κ2) is 4.73. The van der Waals surface area contributed by atoms with Gasteiger partial charge >= 0.3 is 0 Å². The third-order valence-corrected chi connectivity index (χ3v) is 3.16. The predicted molar refractivity (Wildman–Crippen MR) is 56.7 cm³/mol. The van der Waals surface area contributed by atoms with Crippen LogP contribution in [0.2, 0.25) is 0 Å². The number of hydrogen-bond acceptors (Lipinski definition) is 0. The molecule has 0 atom stereocenters. The highest BCUT2D eigenvalue weighted by atomic mass is 19.1. The summed E-state index contributed by atoms with van der Waals surface area (Å²) in [6, 6.07) is 7.57. The van der Waals surface area contributed by atoms with Crippen LogP contribution in [0.5, 0.6) is 0 Å². The third-order valence-electron chi connectivity index (χ3n) is 3.16. The van der Waals surface area contributed by atoms with Crippen LogP contribution in [0.25, 0.3) is 0 Å². The Bertz CT molecular complexity index is 319. The van der Waals surface area contributed by atoms with Gasteiger partial charge < -0.3 is 10.6 Å². The first-order valence-corrected chi connectivity index (χ1v) is 5.65. The number of halogens is 1. The van der Waals surface area contributed by atoms with Gasteiger partial charge in [-0.25, -0.2) is 4.39 Å². The van der Waals surface area contributed by atoms with E-state index in [1.807, 2.05) is 6.07 Å². The van der Waals surface area contributed by atoms with Crippen LogP contribution < -0.4 is 10.6 Å². The first-order valence-electron chi connectivity index (χ1n) is 5.65. The molecule has 1 aliphatic heterocycles. The molecule has 1 aromatic rings. The molecule has 1 fully saturated rings. The fourth-order valence-electron chi connectivity index (χ4n) is 2.20. The van der Waals surface area contributed by atoms with Crippen molar-refractivity contribution in [1.29, 1.82) is 0 Å². The molecular weight excluding hydrogens is 191 g/mol. The first kappa shape index (κ1) is 10.6. The SMILES string of the molecule is [NH3+]C1CC[NH+](Cc2cccc(F)c2)CC1. The van der Waals surface area contributed by atoms with Crippen LogP contribution in [0.4, 0.5) is 4.39 Å². The fraction of sp³-hybridized carbons (Fsp3) is 0.500. The number of likely N-dealkylation sites (tertiary alicyclic amines) is 1. The highest BCUT2D eigenvalue weighted by molar-refractivity contribution is 5.14. The molecule has 3 heteroatoms. The molecule has 1 aromatic carbocycles. The topological polar surface area (TPSA) is 32.1 Å². The van der Waals surface area contributed by atoms with Crippen molar-refractivity contribution < 1.29 is 15.0 Å². The van der Waals surface area contributed by atoms with E-state index in [0.29, 0.717) is 6.04 Å². The number of piperidine rings is 1. The van der Waals surface area contributed by atoms with Gasteiger partial charge in [0.15, 0.2) is 0 Å². The van der Waals surface area contributed by atoms with Crippen molar-refractivity contribution >= 4 is 0 Å². The van der Waals surface area contributed by atoms with E-state index in [1.165, 1.54) is 32.0 Å². The molecule has 4 N–H and O–H groups in total. The van der Waals surface area contributed by atoms with Crippen LogP contribution in [0.1, 0.15) is 18.4 Å². The Hall–Kier alpha value is -0.930. The van der Waals surface area contributed by atoms with E-state index in [-0.39, 0.29) is 5.82 Å². The molecule has 0 unspecified atom stereocenters. The van der Waals surface area contributed by atoms with Crippen molar-refractivity contribution in [3.05, 3.63) is 35.6 Å². The molecule has 2 nitrogen and oxygen atoms in total. The lowest BCUT2D eigenvalue weighted by molar-refractivity contribution is -0.922. The molecule has 15 heavy (non-hydrogen) atoms. The van der Waals surface area contributed by atoms with E-state index in [1.54, 1.807) is 17.0 Å². The van der Waals surface area contributed by atoms with Gasteiger partial charge in [0, 0.05) is 18.4 Å². The minimum absolute atomic E-state index is 0.126. The van der Waals surface area contributed by atoms with Gasteiger partial charge in [0.25, 0.3) is 0 Å². The Morgan fingerprint density at radius 2 is 2.07 bits per heavy atom. The Morgan fingerprint density at radius 3 is 2.73 bits per heavy atom. The molecule has 0 spiro atoms. The minimum atomic E-state index is -0.126. The maximum absolute atomic E-state index is 13.0. The summed E-state index contributed by atoms with van der Waals surface area (Å²) in [6.07, 6.45) is 2.40. The van der Waals surface area contributed by atoms with Gasteiger partial charge in [-0.2, -0.15) is 0 Å². The van der Waals surface area contributed by atoms with Crippen LogP contribution >= 0.6 is 0 Å².